The number of aryl methyl sites for hydroxylation is 2. The van der Waals surface area contributed by atoms with Crippen LogP contribution < -0.4 is 11.1 Å². The maximum absolute atomic E-state index is 12.0. The van der Waals surface area contributed by atoms with E-state index in [0.29, 0.717) is 16.4 Å². The fourth-order valence-corrected chi connectivity index (χ4v) is 2.96. The first kappa shape index (κ1) is 15.7. The average molecular weight is 321 g/mol. The molecule has 0 saturated heterocycles. The maximum atomic E-state index is 12.0. The highest BCUT2D eigenvalue weighted by Crippen LogP contribution is 2.27. The van der Waals surface area contributed by atoms with Crippen LogP contribution in [-0.2, 0) is 4.79 Å². The number of anilines is 2. The van der Waals surface area contributed by atoms with Crippen LogP contribution in [0.4, 0.5) is 11.4 Å². The number of benzene rings is 2. The van der Waals surface area contributed by atoms with E-state index in [2.05, 4.69) is 5.32 Å². The third-order valence-corrected chi connectivity index (χ3v) is 4.31. The van der Waals surface area contributed by atoms with Crippen molar-refractivity contribution in [3.8, 4) is 0 Å². The SMILES string of the molecule is Cc1ccc(NC(=O)CSc2cc(C)ccc2N)c(Cl)c1. The van der Waals surface area contributed by atoms with Crippen LogP contribution in [0.5, 0.6) is 0 Å². The number of amides is 1. The van der Waals surface area contributed by atoms with Gasteiger partial charge < -0.3 is 11.1 Å². The lowest BCUT2D eigenvalue weighted by Crippen LogP contribution is -2.14. The zero-order valence-electron chi connectivity index (χ0n) is 11.9. The molecule has 3 nitrogen and oxygen atoms in total. The summed E-state index contributed by atoms with van der Waals surface area (Å²) in [5.74, 6) is 0.185. The van der Waals surface area contributed by atoms with Gasteiger partial charge >= 0.3 is 0 Å². The van der Waals surface area contributed by atoms with E-state index in [-0.39, 0.29) is 11.7 Å². The Kier molecular flexibility index (Phi) is 5.15. The van der Waals surface area contributed by atoms with Gasteiger partial charge in [-0.15, -0.1) is 11.8 Å². The Morgan fingerprint density at radius 2 is 1.86 bits per heavy atom. The summed E-state index contributed by atoms with van der Waals surface area (Å²) in [6, 6.07) is 11.3. The summed E-state index contributed by atoms with van der Waals surface area (Å²) in [5.41, 5.74) is 9.39. The molecule has 2 aromatic rings. The molecule has 2 rings (SSSR count). The van der Waals surface area contributed by atoms with Crippen LogP contribution in [0.2, 0.25) is 5.02 Å². The second kappa shape index (κ2) is 6.87. The van der Waals surface area contributed by atoms with E-state index in [9.17, 15) is 4.79 Å². The monoisotopic (exact) mass is 320 g/mol. The molecular formula is C16H17ClN2OS. The molecule has 1 amide bonds. The molecule has 0 bridgehead atoms. The van der Waals surface area contributed by atoms with E-state index in [0.717, 1.165) is 16.0 Å². The van der Waals surface area contributed by atoms with Crippen molar-refractivity contribution >= 4 is 40.6 Å². The van der Waals surface area contributed by atoms with Crippen LogP contribution in [0.3, 0.4) is 0 Å². The molecule has 110 valence electrons. The summed E-state index contributed by atoms with van der Waals surface area (Å²) in [6.07, 6.45) is 0. The minimum Gasteiger partial charge on any atom is -0.398 e. The predicted molar refractivity (Wildman–Crippen MR) is 91.1 cm³/mol. The minimum atomic E-state index is -0.105. The third-order valence-electron chi connectivity index (χ3n) is 2.93. The first-order chi connectivity index (χ1) is 9.95. The van der Waals surface area contributed by atoms with Crippen molar-refractivity contribution in [1.82, 2.24) is 0 Å². The van der Waals surface area contributed by atoms with E-state index in [1.54, 1.807) is 6.07 Å². The van der Waals surface area contributed by atoms with E-state index in [1.165, 1.54) is 11.8 Å². The maximum Gasteiger partial charge on any atom is 0.234 e. The number of thioether (sulfide) groups is 1. The second-order valence-electron chi connectivity index (χ2n) is 4.86. The molecule has 0 aromatic heterocycles. The number of nitrogen functional groups attached to an aromatic ring is 1. The minimum absolute atomic E-state index is 0.105. The Bertz CT molecular complexity index is 673. The summed E-state index contributed by atoms with van der Waals surface area (Å²) in [7, 11) is 0. The second-order valence-corrected chi connectivity index (χ2v) is 6.29. The molecule has 0 fully saturated rings. The van der Waals surface area contributed by atoms with Crippen molar-refractivity contribution in [2.45, 2.75) is 18.7 Å². The van der Waals surface area contributed by atoms with Gasteiger partial charge in [-0.2, -0.15) is 0 Å². The lowest BCUT2D eigenvalue weighted by molar-refractivity contribution is -0.113. The lowest BCUT2D eigenvalue weighted by Gasteiger charge is -2.09. The number of nitrogens with two attached hydrogens (primary N) is 1. The molecular weight excluding hydrogens is 304 g/mol. The molecule has 0 saturated carbocycles. The molecule has 0 atom stereocenters. The highest BCUT2D eigenvalue weighted by Gasteiger charge is 2.08. The predicted octanol–water partition coefficient (Wildman–Crippen LogP) is 4.27. The highest BCUT2D eigenvalue weighted by molar-refractivity contribution is 8.00. The van der Waals surface area contributed by atoms with E-state index >= 15 is 0 Å². The highest BCUT2D eigenvalue weighted by atomic mass is 35.5. The van der Waals surface area contributed by atoms with Crippen LogP contribution in [0.1, 0.15) is 11.1 Å². The van der Waals surface area contributed by atoms with Crippen LogP contribution in [0.25, 0.3) is 0 Å². The van der Waals surface area contributed by atoms with E-state index < -0.39 is 0 Å². The number of carbonyl (C=O) groups is 1. The van der Waals surface area contributed by atoms with Crippen molar-refractivity contribution in [2.24, 2.45) is 0 Å². The van der Waals surface area contributed by atoms with E-state index in [1.807, 2.05) is 44.2 Å². The van der Waals surface area contributed by atoms with Gasteiger partial charge in [0.2, 0.25) is 5.91 Å². The third kappa shape index (κ3) is 4.41. The molecule has 21 heavy (non-hydrogen) atoms. The molecule has 0 aliphatic heterocycles. The first-order valence-corrected chi connectivity index (χ1v) is 7.87. The van der Waals surface area contributed by atoms with Gasteiger partial charge in [-0.3, -0.25) is 4.79 Å². The number of halogens is 1. The standard InChI is InChI=1S/C16H17ClN2OS/c1-10-4-6-14(12(17)7-10)19-16(20)9-21-15-8-11(2)3-5-13(15)18/h3-8H,9,18H2,1-2H3,(H,19,20). The van der Waals surface area contributed by atoms with Gasteiger partial charge in [-0.25, -0.2) is 0 Å². The topological polar surface area (TPSA) is 55.1 Å². The molecule has 0 aliphatic rings. The zero-order chi connectivity index (χ0) is 15.4. The van der Waals surface area contributed by atoms with Gasteiger partial charge in [0.05, 0.1) is 16.5 Å². The van der Waals surface area contributed by atoms with Crippen molar-refractivity contribution in [3.05, 3.63) is 52.5 Å². The van der Waals surface area contributed by atoms with Crippen LogP contribution >= 0.6 is 23.4 Å². The zero-order valence-corrected chi connectivity index (χ0v) is 13.5. The fourth-order valence-electron chi connectivity index (χ4n) is 1.82. The van der Waals surface area contributed by atoms with Crippen molar-refractivity contribution in [2.75, 3.05) is 16.8 Å². The number of hydrogen-bond donors (Lipinski definition) is 2. The quantitative estimate of drug-likeness (QED) is 0.653. The van der Waals surface area contributed by atoms with Gasteiger partial charge in [-0.05, 0) is 49.2 Å². The molecule has 0 aliphatic carbocycles. The van der Waals surface area contributed by atoms with Crippen molar-refractivity contribution < 1.29 is 4.79 Å². The van der Waals surface area contributed by atoms with E-state index in [4.69, 9.17) is 17.3 Å². The van der Waals surface area contributed by atoms with Gasteiger partial charge in [-0.1, -0.05) is 23.7 Å². The van der Waals surface area contributed by atoms with Gasteiger partial charge in [0.25, 0.3) is 0 Å². The van der Waals surface area contributed by atoms with Crippen LogP contribution in [-0.4, -0.2) is 11.7 Å². The molecule has 2 aromatic carbocycles. The number of hydrogen-bond acceptors (Lipinski definition) is 3. The Labute approximate surface area is 133 Å². The van der Waals surface area contributed by atoms with Gasteiger partial charge in [0.1, 0.15) is 0 Å². The Balaban J connectivity index is 1.97. The molecule has 5 heteroatoms. The van der Waals surface area contributed by atoms with Crippen LogP contribution in [0, 0.1) is 13.8 Å². The first-order valence-electron chi connectivity index (χ1n) is 6.50. The lowest BCUT2D eigenvalue weighted by atomic mass is 10.2. The number of rotatable bonds is 4. The van der Waals surface area contributed by atoms with Gasteiger partial charge in [0.15, 0.2) is 0 Å². The van der Waals surface area contributed by atoms with Crippen molar-refractivity contribution in [3.63, 3.8) is 0 Å². The smallest absolute Gasteiger partial charge is 0.234 e. The Morgan fingerprint density at radius 3 is 2.57 bits per heavy atom. The molecule has 0 unspecified atom stereocenters. The van der Waals surface area contributed by atoms with Gasteiger partial charge in [0, 0.05) is 10.6 Å². The largest absolute Gasteiger partial charge is 0.398 e. The molecule has 0 spiro atoms. The Hall–Kier alpha value is -1.65. The number of carbonyl (C=O) groups excluding carboxylic acids is 1. The molecule has 0 heterocycles. The Morgan fingerprint density at radius 1 is 1.19 bits per heavy atom. The molecule has 0 radical (unpaired) electrons. The fraction of sp³-hybridized carbons (Fsp3) is 0.188. The summed E-state index contributed by atoms with van der Waals surface area (Å²) in [5, 5.41) is 3.35. The summed E-state index contributed by atoms with van der Waals surface area (Å²) < 4.78 is 0. The average Bonchev–Trinajstić information content (AvgIpc) is 2.43. The normalized spacial score (nSPS) is 10.4. The van der Waals surface area contributed by atoms with Crippen LogP contribution in [0.15, 0.2) is 41.3 Å². The number of nitrogens with one attached hydrogen (secondary N) is 1. The summed E-state index contributed by atoms with van der Waals surface area (Å²) >= 11 is 7.51. The summed E-state index contributed by atoms with van der Waals surface area (Å²) in [6.45, 7) is 3.95. The molecule has 3 N–H and O–H groups in total. The summed E-state index contributed by atoms with van der Waals surface area (Å²) in [4.78, 5) is 12.9. The van der Waals surface area contributed by atoms with Crippen molar-refractivity contribution in [1.29, 1.82) is 0 Å².